The third kappa shape index (κ3) is 7.01. The van der Waals surface area contributed by atoms with Crippen LogP contribution in [0.4, 0.5) is 23.7 Å². The first-order valence-electron chi connectivity index (χ1n) is 12.1. The van der Waals surface area contributed by atoms with Crippen molar-refractivity contribution < 1.29 is 37.3 Å². The highest BCUT2D eigenvalue weighted by Crippen LogP contribution is 2.50. The fraction of sp³-hybridized carbons (Fsp3) is 0.462. The Balaban J connectivity index is 0.000000532. The summed E-state index contributed by atoms with van der Waals surface area (Å²) in [5, 5.41) is 13.9. The SMILES string of the molecule is COc1ccc([C@@]23CC[C@@H](NC(=O)Nc4c(Cl)cccc4Cl)C[C@@H]2N(C)CC3)cc1OC.O=C(O)C(F)(F)F. The molecule has 1 saturated carbocycles. The number of benzene rings is 2. The van der Waals surface area contributed by atoms with Crippen molar-refractivity contribution in [1.29, 1.82) is 0 Å². The van der Waals surface area contributed by atoms with E-state index in [1.165, 1.54) is 5.56 Å². The number of nitrogens with zero attached hydrogens (tertiary/aromatic N) is 1. The zero-order valence-electron chi connectivity index (χ0n) is 21.6. The lowest BCUT2D eigenvalue weighted by Crippen LogP contribution is -2.52. The van der Waals surface area contributed by atoms with Gasteiger partial charge < -0.3 is 30.1 Å². The van der Waals surface area contributed by atoms with Crippen LogP contribution in [0.3, 0.4) is 0 Å². The molecule has 0 radical (unpaired) electrons. The number of anilines is 1. The lowest BCUT2D eigenvalue weighted by Gasteiger charge is -2.45. The number of para-hydroxylation sites is 1. The van der Waals surface area contributed by atoms with Gasteiger partial charge in [-0.1, -0.05) is 35.3 Å². The molecule has 1 heterocycles. The molecule has 13 heteroatoms. The molecule has 2 amide bonds. The summed E-state index contributed by atoms with van der Waals surface area (Å²) in [5.41, 5.74) is 1.74. The largest absolute Gasteiger partial charge is 0.493 e. The van der Waals surface area contributed by atoms with Crippen molar-refractivity contribution in [2.75, 3.05) is 33.1 Å². The maximum atomic E-state index is 12.7. The molecule has 214 valence electrons. The molecule has 4 rings (SSSR count). The van der Waals surface area contributed by atoms with Crippen LogP contribution in [0.5, 0.6) is 11.5 Å². The minimum Gasteiger partial charge on any atom is -0.493 e. The highest BCUT2D eigenvalue weighted by molar-refractivity contribution is 6.39. The van der Waals surface area contributed by atoms with Gasteiger partial charge in [0.1, 0.15) is 0 Å². The van der Waals surface area contributed by atoms with E-state index in [-0.39, 0.29) is 17.5 Å². The monoisotopic (exact) mass is 591 g/mol. The summed E-state index contributed by atoms with van der Waals surface area (Å²) in [6, 6.07) is 11.5. The Morgan fingerprint density at radius 2 is 1.69 bits per heavy atom. The lowest BCUT2D eigenvalue weighted by molar-refractivity contribution is -0.192. The van der Waals surface area contributed by atoms with Crippen LogP contribution in [0.2, 0.25) is 10.0 Å². The molecule has 3 N–H and O–H groups in total. The summed E-state index contributed by atoms with van der Waals surface area (Å²) in [5.74, 6) is -1.27. The predicted octanol–water partition coefficient (Wildman–Crippen LogP) is 5.96. The number of alkyl halides is 3. The quantitative estimate of drug-likeness (QED) is 0.397. The number of rotatable bonds is 5. The predicted molar refractivity (Wildman–Crippen MR) is 142 cm³/mol. The average molecular weight is 592 g/mol. The standard InChI is InChI=1S/C24H29Cl2N3O3.C2HF3O2/c1-29-12-11-24(15-7-8-19(31-2)20(13-15)32-3)10-9-16(14-21(24)29)27-23(30)28-22-17(25)5-4-6-18(22)26;3-2(4,5)1(6)7/h4-8,13,16,21H,9-12,14H2,1-3H3,(H2,27,28,30);(H,6,7)/t16-,21+,24+;/m1./s1. The number of methoxy groups -OCH3 is 2. The first-order valence-corrected chi connectivity index (χ1v) is 12.8. The molecule has 2 aromatic carbocycles. The number of likely N-dealkylation sites (tertiary alicyclic amines) is 1. The Morgan fingerprint density at radius 3 is 2.26 bits per heavy atom. The van der Waals surface area contributed by atoms with Crippen molar-refractivity contribution in [2.45, 2.75) is 49.4 Å². The third-order valence-corrected chi connectivity index (χ3v) is 7.89. The topological polar surface area (TPSA) is 100 Å². The number of halogens is 5. The van der Waals surface area contributed by atoms with Crippen LogP contribution in [-0.2, 0) is 10.2 Å². The van der Waals surface area contributed by atoms with Gasteiger partial charge in [-0.3, -0.25) is 0 Å². The molecule has 0 aromatic heterocycles. The van der Waals surface area contributed by atoms with E-state index in [0.717, 1.165) is 43.7 Å². The van der Waals surface area contributed by atoms with E-state index < -0.39 is 12.1 Å². The first kappa shape index (κ1) is 30.6. The molecule has 39 heavy (non-hydrogen) atoms. The van der Waals surface area contributed by atoms with E-state index in [0.29, 0.717) is 21.8 Å². The zero-order valence-corrected chi connectivity index (χ0v) is 23.1. The van der Waals surface area contributed by atoms with E-state index >= 15 is 0 Å². The van der Waals surface area contributed by atoms with Gasteiger partial charge in [0.15, 0.2) is 11.5 Å². The summed E-state index contributed by atoms with van der Waals surface area (Å²) < 4.78 is 42.7. The molecule has 3 atom stereocenters. The maximum Gasteiger partial charge on any atom is 0.490 e. The average Bonchev–Trinajstić information content (AvgIpc) is 3.22. The number of carbonyl (C=O) groups is 2. The number of carboxylic acid groups (broad SMARTS) is 1. The fourth-order valence-corrected chi connectivity index (χ4v) is 5.84. The number of carbonyl (C=O) groups excluding carboxylic acids is 1. The number of aliphatic carboxylic acids is 1. The molecule has 1 saturated heterocycles. The smallest absolute Gasteiger partial charge is 0.490 e. The van der Waals surface area contributed by atoms with Crippen molar-refractivity contribution in [3.05, 3.63) is 52.0 Å². The van der Waals surface area contributed by atoms with Crippen LogP contribution in [0.15, 0.2) is 36.4 Å². The summed E-state index contributed by atoms with van der Waals surface area (Å²) in [6.07, 6.45) is -1.26. The molecule has 0 unspecified atom stereocenters. The Hall–Kier alpha value is -2.89. The van der Waals surface area contributed by atoms with E-state index in [2.05, 4.69) is 34.7 Å². The molecule has 0 bridgehead atoms. The van der Waals surface area contributed by atoms with Crippen LogP contribution >= 0.6 is 23.2 Å². The molecule has 2 fully saturated rings. The first-order chi connectivity index (χ1) is 18.3. The summed E-state index contributed by atoms with van der Waals surface area (Å²) in [4.78, 5) is 24.0. The normalized spacial score (nSPS) is 22.7. The molecule has 8 nitrogen and oxygen atoms in total. The van der Waals surface area contributed by atoms with Crippen LogP contribution in [0, 0.1) is 0 Å². The van der Waals surface area contributed by atoms with E-state index in [9.17, 15) is 18.0 Å². The second-order valence-corrected chi connectivity index (χ2v) is 10.3. The number of urea groups is 1. The zero-order chi connectivity index (χ0) is 29.0. The van der Waals surface area contributed by atoms with Crippen molar-refractivity contribution >= 4 is 40.9 Å². The van der Waals surface area contributed by atoms with Gasteiger partial charge >= 0.3 is 18.2 Å². The van der Waals surface area contributed by atoms with Gasteiger partial charge in [-0.2, -0.15) is 13.2 Å². The molecule has 2 aliphatic rings. The Labute approximate surface area is 234 Å². The van der Waals surface area contributed by atoms with E-state index in [4.69, 9.17) is 42.6 Å². The number of amides is 2. The van der Waals surface area contributed by atoms with Crippen molar-refractivity contribution in [3.8, 4) is 11.5 Å². The van der Waals surface area contributed by atoms with Crippen molar-refractivity contribution in [2.24, 2.45) is 0 Å². The van der Waals surface area contributed by atoms with Gasteiger partial charge in [0, 0.05) is 17.5 Å². The lowest BCUT2D eigenvalue weighted by atomic mass is 9.65. The number of nitrogens with one attached hydrogen (secondary N) is 2. The summed E-state index contributed by atoms with van der Waals surface area (Å²) >= 11 is 12.4. The second kappa shape index (κ2) is 12.5. The number of fused-ring (bicyclic) bond motifs is 1. The number of carboxylic acids is 1. The second-order valence-electron chi connectivity index (χ2n) is 9.44. The Bertz CT molecular complexity index is 1180. The van der Waals surface area contributed by atoms with Gasteiger partial charge in [-0.15, -0.1) is 0 Å². The maximum absolute atomic E-state index is 12.7. The van der Waals surface area contributed by atoms with Gasteiger partial charge in [0.2, 0.25) is 0 Å². The molecular formula is C26H30Cl2F3N3O5. The van der Waals surface area contributed by atoms with Crippen LogP contribution < -0.4 is 20.1 Å². The highest BCUT2D eigenvalue weighted by Gasteiger charge is 2.50. The van der Waals surface area contributed by atoms with Crippen LogP contribution in [0.1, 0.15) is 31.2 Å². The molecule has 1 aliphatic carbocycles. The van der Waals surface area contributed by atoms with Crippen molar-refractivity contribution in [3.63, 3.8) is 0 Å². The fourth-order valence-electron chi connectivity index (χ4n) is 5.35. The summed E-state index contributed by atoms with van der Waals surface area (Å²) in [7, 11) is 5.49. The van der Waals surface area contributed by atoms with Crippen LogP contribution in [0.25, 0.3) is 0 Å². The van der Waals surface area contributed by atoms with E-state index in [1.54, 1.807) is 32.4 Å². The molecule has 2 aromatic rings. The number of ether oxygens (including phenoxy) is 2. The van der Waals surface area contributed by atoms with E-state index in [1.807, 2.05) is 6.07 Å². The minimum absolute atomic E-state index is 0.0367. The highest BCUT2D eigenvalue weighted by atomic mass is 35.5. The Kier molecular flexibility index (Phi) is 9.84. The molecule has 0 spiro atoms. The molecule has 1 aliphatic heterocycles. The molecular weight excluding hydrogens is 562 g/mol. The minimum atomic E-state index is -5.08. The van der Waals surface area contributed by atoms with Crippen LogP contribution in [-0.4, -0.2) is 68.1 Å². The van der Waals surface area contributed by atoms with Gasteiger partial charge in [0.05, 0.1) is 30.0 Å². The number of likely N-dealkylation sites (N-methyl/N-ethyl adjacent to an activating group) is 1. The number of hydrogen-bond acceptors (Lipinski definition) is 5. The van der Waals surface area contributed by atoms with Gasteiger partial charge in [0.25, 0.3) is 0 Å². The Morgan fingerprint density at radius 1 is 1.08 bits per heavy atom. The third-order valence-electron chi connectivity index (χ3n) is 7.26. The van der Waals surface area contributed by atoms with Gasteiger partial charge in [-0.05, 0) is 69.1 Å². The van der Waals surface area contributed by atoms with Crippen molar-refractivity contribution in [1.82, 2.24) is 10.2 Å². The number of hydrogen-bond donors (Lipinski definition) is 3. The summed E-state index contributed by atoms with van der Waals surface area (Å²) in [6.45, 7) is 1.02. The van der Waals surface area contributed by atoms with Gasteiger partial charge in [-0.25, -0.2) is 9.59 Å².